The number of nitrogens with two attached hydrogens (primary N) is 1. The van der Waals surface area contributed by atoms with Gasteiger partial charge in [0, 0.05) is 19.3 Å². The van der Waals surface area contributed by atoms with Crippen LogP contribution in [0.3, 0.4) is 0 Å². The normalized spacial score (nSPS) is 24.8. The van der Waals surface area contributed by atoms with Crippen LogP contribution in [0.4, 0.5) is 11.5 Å². The molecule has 1 saturated heterocycles. The van der Waals surface area contributed by atoms with E-state index in [0.717, 1.165) is 30.7 Å². The average Bonchev–Trinajstić information content (AvgIpc) is 3.00. The molecule has 2 unspecified atom stereocenters. The van der Waals surface area contributed by atoms with Crippen LogP contribution in [0.2, 0.25) is 0 Å². The molecule has 2 aliphatic rings. The van der Waals surface area contributed by atoms with Gasteiger partial charge in [-0.25, -0.2) is 9.78 Å². The van der Waals surface area contributed by atoms with Crippen LogP contribution < -0.4 is 10.6 Å². The van der Waals surface area contributed by atoms with Gasteiger partial charge in [0.2, 0.25) is 0 Å². The topological polar surface area (TPSA) is 68.5 Å². The van der Waals surface area contributed by atoms with E-state index in [1.165, 1.54) is 19.3 Å². The number of ether oxygens (including phenoxy) is 1. The van der Waals surface area contributed by atoms with Crippen LogP contribution in [0.15, 0.2) is 12.3 Å². The molecule has 1 aliphatic carbocycles. The van der Waals surface area contributed by atoms with Gasteiger partial charge in [0.25, 0.3) is 0 Å². The third-order valence-corrected chi connectivity index (χ3v) is 4.49. The largest absolute Gasteiger partial charge is 0.462 e. The Morgan fingerprint density at radius 2 is 2.15 bits per heavy atom. The van der Waals surface area contributed by atoms with Crippen LogP contribution in [-0.4, -0.2) is 30.6 Å². The van der Waals surface area contributed by atoms with E-state index in [2.05, 4.69) is 9.88 Å². The van der Waals surface area contributed by atoms with Crippen molar-refractivity contribution in [3.63, 3.8) is 0 Å². The molecule has 3 rings (SSSR count). The number of esters is 1. The van der Waals surface area contributed by atoms with E-state index in [1.54, 1.807) is 19.2 Å². The highest BCUT2D eigenvalue weighted by Crippen LogP contribution is 2.40. The summed E-state index contributed by atoms with van der Waals surface area (Å²) in [6, 6.07) is 1.63. The zero-order valence-corrected chi connectivity index (χ0v) is 11.8. The van der Waals surface area contributed by atoms with E-state index < -0.39 is 0 Å². The molecular weight excluding hydrogens is 254 g/mol. The van der Waals surface area contributed by atoms with E-state index in [-0.39, 0.29) is 5.97 Å². The van der Waals surface area contributed by atoms with Gasteiger partial charge < -0.3 is 15.4 Å². The molecule has 0 spiro atoms. The first-order chi connectivity index (χ1) is 9.70. The zero-order valence-electron chi connectivity index (χ0n) is 11.8. The highest BCUT2D eigenvalue weighted by molar-refractivity contribution is 5.97. The fourth-order valence-corrected chi connectivity index (χ4v) is 3.51. The Hall–Kier alpha value is -1.78. The van der Waals surface area contributed by atoms with Crippen molar-refractivity contribution in [3.05, 3.63) is 17.8 Å². The molecule has 0 amide bonds. The van der Waals surface area contributed by atoms with E-state index in [1.807, 2.05) is 0 Å². The molecule has 5 nitrogen and oxygen atoms in total. The lowest BCUT2D eigenvalue weighted by atomic mass is 10.0. The van der Waals surface area contributed by atoms with Gasteiger partial charge in [-0.3, -0.25) is 0 Å². The van der Waals surface area contributed by atoms with E-state index in [4.69, 9.17) is 10.5 Å². The highest BCUT2D eigenvalue weighted by atomic mass is 16.5. The SMILES string of the molecule is CCOC(=O)c1ccnc(N2CC3CCCC3C2)c1N. The van der Waals surface area contributed by atoms with Crippen LogP contribution in [0.1, 0.15) is 36.5 Å². The number of anilines is 2. The third-order valence-electron chi connectivity index (χ3n) is 4.49. The standard InChI is InChI=1S/C15H21N3O2/c1-2-20-15(19)12-6-7-17-14(13(12)16)18-8-10-4-3-5-11(10)9-18/h6-7,10-11H,2-5,8-9,16H2,1H3. The molecule has 1 saturated carbocycles. The number of nitrogens with zero attached hydrogens (tertiary/aromatic N) is 2. The average molecular weight is 275 g/mol. The summed E-state index contributed by atoms with van der Waals surface area (Å²) < 4.78 is 5.04. The maximum atomic E-state index is 11.9. The molecule has 0 bridgehead atoms. The smallest absolute Gasteiger partial charge is 0.340 e. The van der Waals surface area contributed by atoms with Gasteiger partial charge in [-0.15, -0.1) is 0 Å². The molecule has 108 valence electrons. The molecule has 1 aromatic rings. The lowest BCUT2D eigenvalue weighted by Crippen LogP contribution is -2.24. The van der Waals surface area contributed by atoms with Gasteiger partial charge in [-0.2, -0.15) is 0 Å². The minimum atomic E-state index is -0.368. The number of hydrogen-bond acceptors (Lipinski definition) is 5. The van der Waals surface area contributed by atoms with Crippen molar-refractivity contribution in [3.8, 4) is 0 Å². The van der Waals surface area contributed by atoms with Crippen molar-refractivity contribution in [2.24, 2.45) is 11.8 Å². The number of carbonyl (C=O) groups excluding carboxylic acids is 1. The molecular formula is C15H21N3O2. The van der Waals surface area contributed by atoms with E-state index in [0.29, 0.717) is 17.9 Å². The summed E-state index contributed by atoms with van der Waals surface area (Å²) in [5.74, 6) is 1.91. The molecule has 2 N–H and O–H groups in total. The van der Waals surface area contributed by atoms with Gasteiger partial charge in [-0.05, 0) is 37.7 Å². The van der Waals surface area contributed by atoms with Crippen molar-refractivity contribution < 1.29 is 9.53 Å². The number of fused-ring (bicyclic) bond motifs is 1. The summed E-state index contributed by atoms with van der Waals surface area (Å²) in [5, 5.41) is 0. The number of carbonyl (C=O) groups is 1. The molecule has 20 heavy (non-hydrogen) atoms. The van der Waals surface area contributed by atoms with Crippen LogP contribution in [0.5, 0.6) is 0 Å². The van der Waals surface area contributed by atoms with Gasteiger partial charge >= 0.3 is 5.97 Å². The minimum Gasteiger partial charge on any atom is -0.462 e. The second kappa shape index (κ2) is 5.31. The molecule has 1 aliphatic heterocycles. The first-order valence-electron chi connectivity index (χ1n) is 7.37. The second-order valence-corrected chi connectivity index (χ2v) is 5.67. The molecule has 0 aromatic carbocycles. The fourth-order valence-electron chi connectivity index (χ4n) is 3.51. The monoisotopic (exact) mass is 275 g/mol. The van der Waals surface area contributed by atoms with Crippen molar-refractivity contribution in [2.45, 2.75) is 26.2 Å². The van der Waals surface area contributed by atoms with Crippen molar-refractivity contribution in [1.29, 1.82) is 0 Å². The lowest BCUT2D eigenvalue weighted by Gasteiger charge is -2.21. The Kier molecular flexibility index (Phi) is 3.51. The Morgan fingerprint density at radius 3 is 2.80 bits per heavy atom. The maximum absolute atomic E-state index is 11.9. The van der Waals surface area contributed by atoms with Gasteiger partial charge in [0.05, 0.1) is 17.9 Å². The second-order valence-electron chi connectivity index (χ2n) is 5.67. The van der Waals surface area contributed by atoms with Gasteiger partial charge in [-0.1, -0.05) is 6.42 Å². The molecule has 2 atom stereocenters. The van der Waals surface area contributed by atoms with Crippen LogP contribution >= 0.6 is 0 Å². The number of hydrogen-bond donors (Lipinski definition) is 1. The predicted octanol–water partition coefficient (Wildman–Crippen LogP) is 2.08. The maximum Gasteiger partial charge on any atom is 0.340 e. The van der Waals surface area contributed by atoms with Crippen LogP contribution in [-0.2, 0) is 4.74 Å². The molecule has 1 aromatic heterocycles. The number of pyridine rings is 1. The van der Waals surface area contributed by atoms with Crippen LogP contribution in [0.25, 0.3) is 0 Å². The quantitative estimate of drug-likeness (QED) is 0.855. The van der Waals surface area contributed by atoms with Crippen LogP contribution in [0, 0.1) is 11.8 Å². The zero-order chi connectivity index (χ0) is 14.1. The minimum absolute atomic E-state index is 0.351. The Balaban J connectivity index is 1.84. The van der Waals surface area contributed by atoms with E-state index >= 15 is 0 Å². The summed E-state index contributed by atoms with van der Waals surface area (Å²) in [6.07, 6.45) is 5.60. The Morgan fingerprint density at radius 1 is 1.45 bits per heavy atom. The summed E-state index contributed by atoms with van der Waals surface area (Å²) in [7, 11) is 0. The molecule has 5 heteroatoms. The predicted molar refractivity (Wildman–Crippen MR) is 77.6 cm³/mol. The Bertz CT molecular complexity index is 506. The molecule has 2 fully saturated rings. The number of nitrogen functional groups attached to an aromatic ring is 1. The van der Waals surface area contributed by atoms with Gasteiger partial charge in [0.1, 0.15) is 0 Å². The summed E-state index contributed by atoms with van der Waals surface area (Å²) in [4.78, 5) is 18.5. The van der Waals surface area contributed by atoms with Crippen molar-refractivity contribution >= 4 is 17.5 Å². The van der Waals surface area contributed by atoms with Crippen molar-refractivity contribution in [1.82, 2.24) is 4.98 Å². The molecule has 2 heterocycles. The molecule has 0 radical (unpaired) electrons. The Labute approximate surface area is 119 Å². The number of rotatable bonds is 3. The lowest BCUT2D eigenvalue weighted by molar-refractivity contribution is 0.0527. The first-order valence-corrected chi connectivity index (χ1v) is 7.37. The van der Waals surface area contributed by atoms with E-state index in [9.17, 15) is 4.79 Å². The first kappa shape index (κ1) is 13.2. The summed E-state index contributed by atoms with van der Waals surface area (Å²) in [6.45, 7) is 4.16. The summed E-state index contributed by atoms with van der Waals surface area (Å²) >= 11 is 0. The summed E-state index contributed by atoms with van der Waals surface area (Å²) in [5.41, 5.74) is 7.01. The highest BCUT2D eigenvalue weighted by Gasteiger charge is 2.37. The fraction of sp³-hybridized carbons (Fsp3) is 0.600. The van der Waals surface area contributed by atoms with Gasteiger partial charge in [0.15, 0.2) is 5.82 Å². The van der Waals surface area contributed by atoms with Crippen molar-refractivity contribution in [2.75, 3.05) is 30.3 Å². The number of aromatic nitrogens is 1. The third kappa shape index (κ3) is 2.21.